The topological polar surface area (TPSA) is 119 Å². The molecule has 0 amide bonds. The largest absolute Gasteiger partial charge is 0.381 e. The molecule has 8 nitrogen and oxygen atoms in total. The van der Waals surface area contributed by atoms with Gasteiger partial charge in [-0.15, -0.1) is 0 Å². The number of sulfonamides is 1. The number of aromatic nitrogens is 4. The van der Waals surface area contributed by atoms with Crippen molar-refractivity contribution in [3.8, 4) is 0 Å². The van der Waals surface area contributed by atoms with Crippen LogP contribution in [0.5, 0.6) is 0 Å². The van der Waals surface area contributed by atoms with Crippen LogP contribution in [0.15, 0.2) is 17.4 Å². The van der Waals surface area contributed by atoms with Crippen LogP contribution >= 0.6 is 0 Å². The lowest BCUT2D eigenvalue weighted by Crippen LogP contribution is -2.17. The van der Waals surface area contributed by atoms with Gasteiger partial charge < -0.3 is 10.3 Å². The second kappa shape index (κ2) is 3.77. The van der Waals surface area contributed by atoms with E-state index in [4.69, 9.17) is 5.73 Å². The molecule has 0 fully saturated rings. The molecule has 17 heavy (non-hydrogen) atoms. The molecular weight excluding hydrogens is 244 g/mol. The number of H-pyrrole nitrogens is 1. The van der Waals surface area contributed by atoms with E-state index < -0.39 is 10.0 Å². The van der Waals surface area contributed by atoms with Crippen molar-refractivity contribution in [1.29, 1.82) is 0 Å². The summed E-state index contributed by atoms with van der Waals surface area (Å²) in [5.41, 5.74) is 6.26. The first-order chi connectivity index (χ1) is 7.90. The van der Waals surface area contributed by atoms with E-state index in [0.29, 0.717) is 0 Å². The van der Waals surface area contributed by atoms with Gasteiger partial charge in [-0.05, 0) is 6.92 Å². The molecule has 0 saturated heterocycles. The van der Waals surface area contributed by atoms with Crippen molar-refractivity contribution in [2.75, 3.05) is 10.5 Å². The van der Waals surface area contributed by atoms with Crippen molar-refractivity contribution in [3.63, 3.8) is 0 Å². The van der Waals surface area contributed by atoms with E-state index in [0.717, 1.165) is 5.69 Å². The van der Waals surface area contributed by atoms with Gasteiger partial charge in [-0.2, -0.15) is 13.5 Å². The average Bonchev–Trinajstić information content (AvgIpc) is 2.73. The number of imidazole rings is 1. The summed E-state index contributed by atoms with van der Waals surface area (Å²) in [5, 5.41) is 6.33. The minimum atomic E-state index is -3.78. The molecule has 2 heterocycles. The summed E-state index contributed by atoms with van der Waals surface area (Å²) < 4.78 is 27.7. The lowest BCUT2D eigenvalue weighted by molar-refractivity contribution is 0.591. The molecule has 0 aliphatic heterocycles. The normalized spacial score (nSPS) is 11.6. The second-order valence-corrected chi connectivity index (χ2v) is 5.19. The predicted octanol–water partition coefficient (Wildman–Crippen LogP) is -0.165. The third kappa shape index (κ3) is 2.09. The van der Waals surface area contributed by atoms with E-state index in [1.54, 1.807) is 20.0 Å². The Morgan fingerprint density at radius 2 is 2.24 bits per heavy atom. The highest BCUT2D eigenvalue weighted by atomic mass is 32.2. The number of hydrogen-bond acceptors (Lipinski definition) is 5. The van der Waals surface area contributed by atoms with Crippen molar-refractivity contribution >= 4 is 21.7 Å². The Labute approximate surface area is 97.9 Å². The molecule has 0 bridgehead atoms. The molecule has 92 valence electrons. The first kappa shape index (κ1) is 11.5. The minimum absolute atomic E-state index is 0.0488. The molecule has 2 aromatic heterocycles. The molecule has 0 unspecified atom stereocenters. The van der Waals surface area contributed by atoms with Crippen molar-refractivity contribution in [2.45, 2.75) is 11.9 Å². The summed E-state index contributed by atoms with van der Waals surface area (Å²) >= 11 is 0. The van der Waals surface area contributed by atoms with E-state index in [1.165, 1.54) is 10.9 Å². The van der Waals surface area contributed by atoms with E-state index in [2.05, 4.69) is 19.9 Å². The minimum Gasteiger partial charge on any atom is -0.381 e. The van der Waals surface area contributed by atoms with Gasteiger partial charge in [0, 0.05) is 18.8 Å². The number of nitrogens with zero attached hydrogens (tertiary/aromatic N) is 3. The number of aromatic amines is 1. The number of nitrogen functional groups attached to an aromatic ring is 1. The summed E-state index contributed by atoms with van der Waals surface area (Å²) in [6.07, 6.45) is 1.33. The number of anilines is 2. The Morgan fingerprint density at radius 3 is 2.71 bits per heavy atom. The molecule has 0 aliphatic rings. The highest BCUT2D eigenvalue weighted by Gasteiger charge is 2.23. The summed E-state index contributed by atoms with van der Waals surface area (Å²) in [6, 6.07) is 1.57. The zero-order chi connectivity index (χ0) is 12.6. The predicted molar refractivity (Wildman–Crippen MR) is 61.8 cm³/mol. The molecule has 2 aromatic rings. The van der Waals surface area contributed by atoms with Gasteiger partial charge in [0.1, 0.15) is 0 Å². The van der Waals surface area contributed by atoms with Crippen LogP contribution in [0.2, 0.25) is 0 Å². The zero-order valence-corrected chi connectivity index (χ0v) is 10.1. The average molecular weight is 256 g/mol. The maximum Gasteiger partial charge on any atom is 0.282 e. The van der Waals surface area contributed by atoms with Crippen molar-refractivity contribution < 1.29 is 8.42 Å². The molecule has 0 radical (unpaired) electrons. The quantitative estimate of drug-likeness (QED) is 0.704. The summed E-state index contributed by atoms with van der Waals surface area (Å²) in [5.74, 6) is 0.162. The van der Waals surface area contributed by atoms with Crippen LogP contribution in [0.1, 0.15) is 5.69 Å². The zero-order valence-electron chi connectivity index (χ0n) is 9.30. The Balaban J connectivity index is 2.38. The Hall–Kier alpha value is -2.03. The SMILES string of the molecule is Cc1cc(NS(=O)(=O)c2c(N)ncn2C)n[nH]1. The van der Waals surface area contributed by atoms with E-state index in [-0.39, 0.29) is 16.7 Å². The van der Waals surface area contributed by atoms with Gasteiger partial charge >= 0.3 is 0 Å². The van der Waals surface area contributed by atoms with Gasteiger partial charge in [-0.1, -0.05) is 0 Å². The number of hydrogen-bond donors (Lipinski definition) is 3. The Kier molecular flexibility index (Phi) is 2.54. The smallest absolute Gasteiger partial charge is 0.282 e. The highest BCUT2D eigenvalue weighted by Crippen LogP contribution is 2.18. The fraction of sp³-hybridized carbons (Fsp3) is 0.250. The Morgan fingerprint density at radius 1 is 1.53 bits per heavy atom. The number of nitrogens with two attached hydrogens (primary N) is 1. The van der Waals surface area contributed by atoms with Gasteiger partial charge in [0.15, 0.2) is 16.7 Å². The Bertz CT molecular complexity index is 621. The van der Waals surface area contributed by atoms with Crippen LogP contribution in [-0.4, -0.2) is 28.2 Å². The van der Waals surface area contributed by atoms with Gasteiger partial charge in [-0.25, -0.2) is 4.98 Å². The van der Waals surface area contributed by atoms with Crippen LogP contribution in [0.25, 0.3) is 0 Å². The maximum absolute atomic E-state index is 12.0. The van der Waals surface area contributed by atoms with Crippen LogP contribution < -0.4 is 10.5 Å². The van der Waals surface area contributed by atoms with Crippen molar-refractivity contribution in [3.05, 3.63) is 18.1 Å². The summed E-state index contributed by atoms with van der Waals surface area (Å²) in [7, 11) is -2.23. The lowest BCUT2D eigenvalue weighted by Gasteiger charge is -2.06. The third-order valence-electron chi connectivity index (χ3n) is 2.11. The molecule has 0 spiro atoms. The van der Waals surface area contributed by atoms with E-state index in [1.807, 2.05) is 0 Å². The first-order valence-electron chi connectivity index (χ1n) is 4.72. The highest BCUT2D eigenvalue weighted by molar-refractivity contribution is 7.92. The number of nitrogens with one attached hydrogen (secondary N) is 2. The van der Waals surface area contributed by atoms with Crippen molar-refractivity contribution in [1.82, 2.24) is 19.7 Å². The van der Waals surface area contributed by atoms with Gasteiger partial charge in [0.25, 0.3) is 10.0 Å². The number of rotatable bonds is 3. The van der Waals surface area contributed by atoms with Crippen LogP contribution in [0.3, 0.4) is 0 Å². The van der Waals surface area contributed by atoms with E-state index in [9.17, 15) is 8.42 Å². The lowest BCUT2D eigenvalue weighted by atomic mass is 10.5. The molecular formula is C8H12N6O2S. The molecule has 9 heteroatoms. The standard InChI is InChI=1S/C8H12N6O2S/c1-5-3-6(12-11-5)13-17(15,16)8-7(9)10-4-14(8)2/h3-4H,9H2,1-2H3,(H2,11,12,13). The molecule has 4 N–H and O–H groups in total. The van der Waals surface area contributed by atoms with Crippen LogP contribution in [0, 0.1) is 6.92 Å². The van der Waals surface area contributed by atoms with Gasteiger partial charge in [0.05, 0.1) is 6.33 Å². The van der Waals surface area contributed by atoms with Crippen LogP contribution in [0.4, 0.5) is 11.6 Å². The second-order valence-electron chi connectivity index (χ2n) is 3.59. The van der Waals surface area contributed by atoms with Gasteiger partial charge in [-0.3, -0.25) is 9.82 Å². The number of aryl methyl sites for hydroxylation is 2. The maximum atomic E-state index is 12.0. The summed E-state index contributed by atoms with van der Waals surface area (Å²) in [6.45, 7) is 1.77. The van der Waals surface area contributed by atoms with Crippen LogP contribution in [-0.2, 0) is 17.1 Å². The van der Waals surface area contributed by atoms with E-state index >= 15 is 0 Å². The first-order valence-corrected chi connectivity index (χ1v) is 6.20. The molecule has 0 atom stereocenters. The van der Waals surface area contributed by atoms with Crippen molar-refractivity contribution in [2.24, 2.45) is 7.05 Å². The fourth-order valence-electron chi connectivity index (χ4n) is 1.42. The molecule has 0 saturated carbocycles. The molecule has 0 aromatic carbocycles. The van der Waals surface area contributed by atoms with Gasteiger partial charge in [0.2, 0.25) is 0 Å². The molecule has 0 aliphatic carbocycles. The summed E-state index contributed by atoms with van der Waals surface area (Å²) in [4.78, 5) is 3.72. The molecule has 2 rings (SSSR count). The third-order valence-corrected chi connectivity index (χ3v) is 3.59. The monoisotopic (exact) mass is 256 g/mol. The fourth-order valence-corrected chi connectivity index (χ4v) is 2.65.